The molecule has 0 radical (unpaired) electrons. The fourth-order valence-electron chi connectivity index (χ4n) is 4.34. The van der Waals surface area contributed by atoms with Crippen LogP contribution in [0.25, 0.3) is 0 Å². The lowest BCUT2D eigenvalue weighted by molar-refractivity contribution is -0.135. The van der Waals surface area contributed by atoms with Gasteiger partial charge in [-0.25, -0.2) is 4.39 Å². The molecule has 0 fully saturated rings. The molecule has 0 saturated carbocycles. The number of fused-ring (bicyclic) bond motifs is 1. The molecule has 35 heavy (non-hydrogen) atoms. The summed E-state index contributed by atoms with van der Waals surface area (Å²) < 4.78 is 20.4. The molecule has 184 valence electrons. The molecule has 1 aliphatic heterocycles. The Kier molecular flexibility index (Phi) is 8.08. The Balaban J connectivity index is 1.53. The molecule has 3 aromatic rings. The molecule has 1 atom stereocenters. The highest BCUT2D eigenvalue weighted by Gasteiger charge is 2.33. The van der Waals surface area contributed by atoms with E-state index in [4.69, 9.17) is 16.3 Å². The predicted molar refractivity (Wildman–Crippen MR) is 137 cm³/mol. The van der Waals surface area contributed by atoms with Crippen LogP contribution in [0.5, 0.6) is 5.75 Å². The number of hydrogen-bond donors (Lipinski definition) is 0. The van der Waals surface area contributed by atoms with Crippen molar-refractivity contribution in [3.63, 3.8) is 0 Å². The van der Waals surface area contributed by atoms with Gasteiger partial charge in [0.1, 0.15) is 24.7 Å². The molecule has 8 heteroatoms. The van der Waals surface area contributed by atoms with Crippen molar-refractivity contribution in [2.24, 2.45) is 0 Å². The summed E-state index contributed by atoms with van der Waals surface area (Å²) in [6.45, 7) is 4.91. The number of ether oxygens (including phenoxy) is 1. The van der Waals surface area contributed by atoms with Gasteiger partial charge in [-0.1, -0.05) is 30.7 Å². The van der Waals surface area contributed by atoms with Gasteiger partial charge in [-0.3, -0.25) is 9.59 Å². The molecule has 1 aliphatic rings. The second kappa shape index (κ2) is 11.2. The van der Waals surface area contributed by atoms with E-state index in [1.807, 2.05) is 37.4 Å². The van der Waals surface area contributed by atoms with Crippen LogP contribution in [-0.2, 0) is 11.2 Å². The van der Waals surface area contributed by atoms with Crippen LogP contribution >= 0.6 is 22.9 Å². The molecule has 0 unspecified atom stereocenters. The van der Waals surface area contributed by atoms with E-state index < -0.39 is 11.7 Å². The fourth-order valence-corrected chi connectivity index (χ4v) is 5.38. The molecular weight excluding hydrogens is 487 g/mol. The Morgan fingerprint density at radius 2 is 2.03 bits per heavy atom. The third-order valence-corrected chi connectivity index (χ3v) is 7.58. The van der Waals surface area contributed by atoms with E-state index in [0.29, 0.717) is 30.3 Å². The van der Waals surface area contributed by atoms with Crippen LogP contribution in [0.15, 0.2) is 53.9 Å². The minimum absolute atomic E-state index is 0.0227. The topological polar surface area (TPSA) is 49.9 Å². The fraction of sp³-hybridized carbons (Fsp3) is 0.333. The molecule has 5 nitrogen and oxygen atoms in total. The summed E-state index contributed by atoms with van der Waals surface area (Å²) in [4.78, 5) is 31.0. The number of aryl methyl sites for hydroxylation is 1. The van der Waals surface area contributed by atoms with Gasteiger partial charge in [0.25, 0.3) is 5.91 Å². The highest BCUT2D eigenvalue weighted by atomic mass is 35.5. The second-order valence-corrected chi connectivity index (χ2v) is 9.99. The van der Waals surface area contributed by atoms with Crippen molar-refractivity contribution in [1.82, 2.24) is 9.80 Å². The van der Waals surface area contributed by atoms with Crippen LogP contribution in [0, 0.1) is 12.7 Å². The zero-order valence-corrected chi connectivity index (χ0v) is 21.4. The average molecular weight is 515 g/mol. The maximum absolute atomic E-state index is 14.3. The maximum atomic E-state index is 14.3. The average Bonchev–Trinajstić information content (AvgIpc) is 3.33. The van der Waals surface area contributed by atoms with Crippen molar-refractivity contribution in [2.75, 3.05) is 26.2 Å². The number of hydrogen-bond acceptors (Lipinski definition) is 4. The van der Waals surface area contributed by atoms with Crippen LogP contribution in [0.4, 0.5) is 4.39 Å². The zero-order chi connectivity index (χ0) is 24.9. The first-order chi connectivity index (χ1) is 16.9. The van der Waals surface area contributed by atoms with Gasteiger partial charge < -0.3 is 14.5 Å². The number of halogens is 2. The minimum Gasteiger partial charge on any atom is -0.491 e. The van der Waals surface area contributed by atoms with Crippen molar-refractivity contribution in [1.29, 1.82) is 0 Å². The molecular formula is C27H28ClFN2O3S. The van der Waals surface area contributed by atoms with Crippen molar-refractivity contribution < 1.29 is 18.7 Å². The van der Waals surface area contributed by atoms with E-state index >= 15 is 0 Å². The largest absolute Gasteiger partial charge is 0.491 e. The normalized spacial score (nSPS) is 15.0. The van der Waals surface area contributed by atoms with Crippen LogP contribution in [0.3, 0.4) is 0 Å². The Morgan fingerprint density at radius 1 is 1.23 bits per heavy atom. The van der Waals surface area contributed by atoms with Crippen molar-refractivity contribution >= 4 is 34.8 Å². The van der Waals surface area contributed by atoms with E-state index in [-0.39, 0.29) is 30.7 Å². The third kappa shape index (κ3) is 5.68. The Hall–Kier alpha value is -2.90. The Bertz CT molecular complexity index is 1210. The van der Waals surface area contributed by atoms with Crippen LogP contribution in [0.1, 0.15) is 45.7 Å². The summed E-state index contributed by atoms with van der Waals surface area (Å²) >= 11 is 7.82. The van der Waals surface area contributed by atoms with E-state index in [9.17, 15) is 14.0 Å². The van der Waals surface area contributed by atoms with Crippen molar-refractivity contribution in [2.45, 2.75) is 32.7 Å². The highest BCUT2D eigenvalue weighted by molar-refractivity contribution is 7.10. The molecule has 2 aromatic carbocycles. The number of benzene rings is 2. The van der Waals surface area contributed by atoms with Gasteiger partial charge in [0.05, 0.1) is 11.6 Å². The quantitative estimate of drug-likeness (QED) is 0.375. The number of amides is 2. The lowest BCUT2D eigenvalue weighted by Gasteiger charge is -2.37. The van der Waals surface area contributed by atoms with Crippen LogP contribution in [0.2, 0.25) is 5.02 Å². The minimum atomic E-state index is -0.587. The first kappa shape index (κ1) is 25.2. The first-order valence-electron chi connectivity index (χ1n) is 11.7. The summed E-state index contributed by atoms with van der Waals surface area (Å²) in [7, 11) is 0. The number of carbonyl (C=O) groups excluding carboxylic acids is 2. The second-order valence-electron chi connectivity index (χ2n) is 8.58. The molecule has 2 heterocycles. The summed E-state index contributed by atoms with van der Waals surface area (Å²) in [5.74, 6) is -0.558. The predicted octanol–water partition coefficient (Wildman–Crippen LogP) is 5.91. The number of rotatable bonds is 8. The van der Waals surface area contributed by atoms with Gasteiger partial charge in [-0.2, -0.15) is 0 Å². The number of carbonyl (C=O) groups is 2. The van der Waals surface area contributed by atoms with Gasteiger partial charge >= 0.3 is 0 Å². The van der Waals surface area contributed by atoms with E-state index in [1.165, 1.54) is 21.9 Å². The third-order valence-electron chi connectivity index (χ3n) is 6.16. The van der Waals surface area contributed by atoms with Gasteiger partial charge in [-0.05, 0) is 72.7 Å². The number of thiophene rings is 1. The zero-order valence-electron chi connectivity index (χ0n) is 19.8. The van der Waals surface area contributed by atoms with Crippen LogP contribution < -0.4 is 4.74 Å². The number of nitrogens with zero attached hydrogens (tertiary/aromatic N) is 2. The lowest BCUT2D eigenvalue weighted by atomic mass is 10.00. The van der Waals surface area contributed by atoms with E-state index in [1.54, 1.807) is 34.4 Å². The monoisotopic (exact) mass is 514 g/mol. The van der Waals surface area contributed by atoms with Crippen LogP contribution in [-0.4, -0.2) is 47.9 Å². The smallest absolute Gasteiger partial charge is 0.257 e. The molecule has 0 aliphatic carbocycles. The molecule has 0 N–H and O–H groups in total. The van der Waals surface area contributed by atoms with E-state index in [2.05, 4.69) is 0 Å². The Labute approximate surface area is 214 Å². The highest BCUT2D eigenvalue weighted by Crippen LogP contribution is 2.34. The van der Waals surface area contributed by atoms with Crippen molar-refractivity contribution in [3.05, 3.63) is 86.3 Å². The molecule has 2 amide bonds. The summed E-state index contributed by atoms with van der Waals surface area (Å²) in [5, 5.41) is 2.70. The van der Waals surface area contributed by atoms with E-state index in [0.717, 1.165) is 17.5 Å². The van der Waals surface area contributed by atoms with Gasteiger partial charge in [0, 0.05) is 23.0 Å². The maximum Gasteiger partial charge on any atom is 0.257 e. The molecule has 0 spiro atoms. The Morgan fingerprint density at radius 3 is 2.77 bits per heavy atom. The summed E-state index contributed by atoms with van der Waals surface area (Å²) in [5.41, 5.74) is 1.96. The summed E-state index contributed by atoms with van der Waals surface area (Å²) in [6.07, 6.45) is 1.41. The summed E-state index contributed by atoms with van der Waals surface area (Å²) in [6, 6.07) is 13.1. The SMILES string of the molecule is CCCN(CC(=O)N1CCc2sccc2[C@@H]1COc1ccc(Cl)c(C)c1)C(=O)c1ccccc1F. The van der Waals surface area contributed by atoms with Crippen molar-refractivity contribution in [3.8, 4) is 5.75 Å². The van der Waals surface area contributed by atoms with Gasteiger partial charge in [-0.15, -0.1) is 11.3 Å². The lowest BCUT2D eigenvalue weighted by Crippen LogP contribution is -2.48. The molecule has 4 rings (SSSR count). The molecule has 1 aromatic heterocycles. The van der Waals surface area contributed by atoms with Gasteiger partial charge in [0.15, 0.2) is 0 Å². The standard InChI is InChI=1S/C27H28ClFN2O3S/c1-3-12-30(27(33)20-6-4-5-7-23(20)29)16-26(32)31-13-10-25-21(11-14-35-25)24(31)17-34-19-8-9-22(28)18(2)15-19/h4-9,11,14-15,24H,3,10,12-13,16-17H2,1-2H3/t24-/m0/s1. The van der Waals surface area contributed by atoms with Gasteiger partial charge in [0.2, 0.25) is 5.91 Å². The first-order valence-corrected chi connectivity index (χ1v) is 12.9. The molecule has 0 bridgehead atoms. The molecule has 0 saturated heterocycles.